The van der Waals surface area contributed by atoms with Gasteiger partial charge in [0, 0.05) is 6.54 Å². The van der Waals surface area contributed by atoms with Crippen molar-refractivity contribution >= 4 is 19.9 Å². The fourth-order valence-electron chi connectivity index (χ4n) is 3.41. The quantitative estimate of drug-likeness (QED) is 0.794. The minimum atomic E-state index is -3.71. The van der Waals surface area contributed by atoms with Gasteiger partial charge < -0.3 is 0 Å². The molecule has 1 aliphatic rings. The van der Waals surface area contributed by atoms with E-state index in [2.05, 4.69) is 9.82 Å². The van der Waals surface area contributed by atoms with Crippen molar-refractivity contribution in [2.24, 2.45) is 0 Å². The smallest absolute Gasteiger partial charge is 0.244 e. The molecule has 0 aliphatic carbocycles. The Morgan fingerprint density at radius 1 is 1.23 bits per heavy atom. The summed E-state index contributed by atoms with van der Waals surface area (Å²) in [7, 11) is -6.78. The summed E-state index contributed by atoms with van der Waals surface area (Å²) in [6.45, 7) is 3.60. The standard InChI is InChI=1S/C17H23N3O4S2/c1-13-17(14(2)20(19-13)16-9-11-25(21,22)12-16)26(23,24)18-10-8-15-6-4-3-5-7-15/h3-7,16,18H,8-12H2,1-2H3/t16-/m1/s1. The number of benzene rings is 1. The van der Waals surface area contributed by atoms with Crippen molar-refractivity contribution in [3.63, 3.8) is 0 Å². The highest BCUT2D eigenvalue weighted by molar-refractivity contribution is 7.91. The Labute approximate surface area is 154 Å². The third-order valence-electron chi connectivity index (χ3n) is 4.63. The lowest BCUT2D eigenvalue weighted by Gasteiger charge is -2.12. The molecule has 2 heterocycles. The van der Waals surface area contributed by atoms with E-state index in [1.165, 1.54) is 0 Å². The lowest BCUT2D eigenvalue weighted by molar-refractivity contribution is 0.484. The molecule has 1 aromatic heterocycles. The summed E-state index contributed by atoms with van der Waals surface area (Å²) < 4.78 is 53.1. The van der Waals surface area contributed by atoms with Crippen LogP contribution in [-0.2, 0) is 26.3 Å². The fourth-order valence-corrected chi connectivity index (χ4v) is 6.53. The molecule has 2 aromatic rings. The maximum Gasteiger partial charge on any atom is 0.244 e. The molecule has 9 heteroatoms. The molecule has 7 nitrogen and oxygen atoms in total. The highest BCUT2D eigenvalue weighted by Gasteiger charge is 2.33. The van der Waals surface area contributed by atoms with E-state index in [4.69, 9.17) is 0 Å². The van der Waals surface area contributed by atoms with Crippen LogP contribution < -0.4 is 4.72 Å². The Morgan fingerprint density at radius 2 is 1.92 bits per heavy atom. The van der Waals surface area contributed by atoms with Crippen LogP contribution in [0.5, 0.6) is 0 Å². The molecule has 1 saturated heterocycles. The predicted molar refractivity (Wildman–Crippen MR) is 99.3 cm³/mol. The number of aryl methyl sites for hydroxylation is 1. The Bertz CT molecular complexity index is 996. The molecule has 0 radical (unpaired) electrons. The first-order valence-corrected chi connectivity index (χ1v) is 11.8. The lowest BCUT2D eigenvalue weighted by atomic mass is 10.2. The van der Waals surface area contributed by atoms with Crippen LogP contribution in [0.1, 0.15) is 29.4 Å². The molecule has 0 saturated carbocycles. The zero-order valence-corrected chi connectivity index (χ0v) is 16.5. The van der Waals surface area contributed by atoms with E-state index >= 15 is 0 Å². The van der Waals surface area contributed by atoms with Crippen LogP contribution in [0.25, 0.3) is 0 Å². The second-order valence-electron chi connectivity index (χ2n) is 6.63. The van der Waals surface area contributed by atoms with Gasteiger partial charge in [-0.05, 0) is 32.3 Å². The molecular weight excluding hydrogens is 374 g/mol. The molecule has 0 spiro atoms. The normalized spacial score (nSPS) is 19.7. The van der Waals surface area contributed by atoms with E-state index in [1.54, 1.807) is 18.5 Å². The highest BCUT2D eigenvalue weighted by Crippen LogP contribution is 2.28. The van der Waals surface area contributed by atoms with Crippen LogP contribution >= 0.6 is 0 Å². The second kappa shape index (κ2) is 7.13. The molecule has 0 amide bonds. The van der Waals surface area contributed by atoms with E-state index < -0.39 is 19.9 Å². The van der Waals surface area contributed by atoms with Gasteiger partial charge in [-0.15, -0.1) is 0 Å². The number of hydrogen-bond acceptors (Lipinski definition) is 5. The van der Waals surface area contributed by atoms with Gasteiger partial charge in [0.2, 0.25) is 10.0 Å². The number of sulfone groups is 1. The van der Waals surface area contributed by atoms with Crippen molar-refractivity contribution in [3.05, 3.63) is 47.3 Å². The molecule has 142 valence electrons. The molecule has 26 heavy (non-hydrogen) atoms. The Morgan fingerprint density at radius 3 is 2.54 bits per heavy atom. The number of nitrogens with one attached hydrogen (secondary N) is 1. The average Bonchev–Trinajstić information content (AvgIpc) is 3.07. The number of aromatic nitrogens is 2. The Hall–Kier alpha value is -1.71. The summed E-state index contributed by atoms with van der Waals surface area (Å²) in [4.78, 5) is 0.148. The van der Waals surface area contributed by atoms with Gasteiger partial charge in [-0.1, -0.05) is 30.3 Å². The SMILES string of the molecule is Cc1nn([C@@H]2CCS(=O)(=O)C2)c(C)c1S(=O)(=O)NCCc1ccccc1. The van der Waals surface area contributed by atoms with Crippen molar-refractivity contribution < 1.29 is 16.8 Å². The molecule has 0 bridgehead atoms. The lowest BCUT2D eigenvalue weighted by Crippen LogP contribution is -2.27. The third kappa shape index (κ3) is 3.99. The minimum absolute atomic E-state index is 0.00980. The van der Waals surface area contributed by atoms with E-state index in [0.717, 1.165) is 5.56 Å². The van der Waals surface area contributed by atoms with Gasteiger partial charge >= 0.3 is 0 Å². The van der Waals surface area contributed by atoms with Gasteiger partial charge in [-0.3, -0.25) is 4.68 Å². The summed E-state index contributed by atoms with van der Waals surface area (Å²) in [6, 6.07) is 9.34. The van der Waals surface area contributed by atoms with E-state index in [9.17, 15) is 16.8 Å². The van der Waals surface area contributed by atoms with Crippen molar-refractivity contribution in [1.82, 2.24) is 14.5 Å². The van der Waals surface area contributed by atoms with Gasteiger partial charge in [0.05, 0.1) is 28.9 Å². The largest absolute Gasteiger partial charge is 0.264 e. The Kier molecular flexibility index (Phi) is 5.23. The van der Waals surface area contributed by atoms with Crippen LogP contribution in [0.3, 0.4) is 0 Å². The number of hydrogen-bond donors (Lipinski definition) is 1. The monoisotopic (exact) mass is 397 g/mol. The van der Waals surface area contributed by atoms with E-state index in [-0.39, 0.29) is 29.0 Å². The van der Waals surface area contributed by atoms with Crippen molar-refractivity contribution in [3.8, 4) is 0 Å². The first-order chi connectivity index (χ1) is 12.2. The van der Waals surface area contributed by atoms with Gasteiger partial charge in [0.25, 0.3) is 0 Å². The summed E-state index contributed by atoms with van der Waals surface area (Å²) in [5, 5.41) is 4.32. The summed E-state index contributed by atoms with van der Waals surface area (Å²) in [5.41, 5.74) is 1.92. The molecule has 1 N–H and O–H groups in total. The number of rotatable bonds is 6. The molecule has 1 aliphatic heterocycles. The van der Waals surface area contributed by atoms with Gasteiger partial charge in [0.1, 0.15) is 4.90 Å². The maximum atomic E-state index is 12.7. The molecule has 1 fully saturated rings. The predicted octanol–water partition coefficient (Wildman–Crippen LogP) is 1.38. The molecule has 0 unspecified atom stereocenters. The van der Waals surface area contributed by atoms with Gasteiger partial charge in [-0.2, -0.15) is 5.10 Å². The van der Waals surface area contributed by atoms with Crippen molar-refractivity contribution in [2.75, 3.05) is 18.1 Å². The average molecular weight is 398 g/mol. The number of nitrogens with zero attached hydrogens (tertiary/aromatic N) is 2. The van der Waals surface area contributed by atoms with Crippen molar-refractivity contribution in [2.45, 2.75) is 37.6 Å². The van der Waals surface area contributed by atoms with Crippen molar-refractivity contribution in [1.29, 1.82) is 0 Å². The van der Waals surface area contributed by atoms with Crippen LogP contribution in [-0.4, -0.2) is 44.7 Å². The first kappa shape index (κ1) is 19.1. The number of sulfonamides is 1. The third-order valence-corrected chi connectivity index (χ3v) is 8.09. The zero-order valence-electron chi connectivity index (χ0n) is 14.8. The van der Waals surface area contributed by atoms with E-state index in [0.29, 0.717) is 24.2 Å². The van der Waals surface area contributed by atoms with Crippen LogP contribution in [0.2, 0.25) is 0 Å². The zero-order chi connectivity index (χ0) is 18.9. The maximum absolute atomic E-state index is 12.7. The van der Waals surface area contributed by atoms with E-state index in [1.807, 2.05) is 30.3 Å². The second-order valence-corrected chi connectivity index (χ2v) is 10.6. The van der Waals surface area contributed by atoms with Gasteiger partial charge in [-0.25, -0.2) is 21.6 Å². The molecule has 1 atom stereocenters. The fraction of sp³-hybridized carbons (Fsp3) is 0.471. The summed E-state index contributed by atoms with van der Waals surface area (Å²) >= 11 is 0. The van der Waals surface area contributed by atoms with Crippen LogP contribution in [0, 0.1) is 13.8 Å². The highest BCUT2D eigenvalue weighted by atomic mass is 32.2. The van der Waals surface area contributed by atoms with Crippen LogP contribution in [0.4, 0.5) is 0 Å². The molecular formula is C17H23N3O4S2. The first-order valence-electron chi connectivity index (χ1n) is 8.49. The summed E-state index contributed by atoms with van der Waals surface area (Å²) in [5.74, 6) is 0.128. The van der Waals surface area contributed by atoms with Crippen LogP contribution in [0.15, 0.2) is 35.2 Å². The topological polar surface area (TPSA) is 98.1 Å². The van der Waals surface area contributed by atoms with Gasteiger partial charge in [0.15, 0.2) is 9.84 Å². The molecule has 3 rings (SSSR count). The molecule has 1 aromatic carbocycles. The minimum Gasteiger partial charge on any atom is -0.264 e. The Balaban J connectivity index is 1.77. The summed E-state index contributed by atoms with van der Waals surface area (Å²) in [6.07, 6.45) is 1.05.